The average Bonchev–Trinajstić information content (AvgIpc) is 2.67. The quantitative estimate of drug-likeness (QED) is 0.634. The first-order valence-electron chi connectivity index (χ1n) is 6.25. The number of alkyl halides is 1. The van der Waals surface area contributed by atoms with Crippen molar-refractivity contribution < 1.29 is 4.79 Å². The van der Waals surface area contributed by atoms with Gasteiger partial charge in [-0.25, -0.2) is 0 Å². The smallest absolute Gasteiger partial charge is 0.182 e. The van der Waals surface area contributed by atoms with Crippen LogP contribution in [0.2, 0.25) is 0 Å². The number of carbonyl (C=O) groups is 1. The van der Waals surface area contributed by atoms with Crippen LogP contribution in [0.4, 0.5) is 0 Å². The van der Waals surface area contributed by atoms with E-state index in [4.69, 9.17) is 11.6 Å². The Labute approximate surface area is 118 Å². The van der Waals surface area contributed by atoms with Crippen molar-refractivity contribution >= 4 is 17.4 Å². The molecule has 0 aromatic carbocycles. The van der Waals surface area contributed by atoms with Gasteiger partial charge in [0, 0.05) is 23.1 Å². The molecule has 1 unspecified atom stereocenters. The molecule has 0 radical (unpaired) electrons. The lowest BCUT2D eigenvalue weighted by Gasteiger charge is -2.09. The van der Waals surface area contributed by atoms with Gasteiger partial charge in [-0.2, -0.15) is 0 Å². The molecule has 0 saturated heterocycles. The molecule has 0 aliphatic carbocycles. The summed E-state index contributed by atoms with van der Waals surface area (Å²) in [7, 11) is 0. The Hall–Kier alpha value is -1.61. The lowest BCUT2D eigenvalue weighted by atomic mass is 10.1. The Morgan fingerprint density at radius 3 is 2.74 bits per heavy atom. The van der Waals surface area contributed by atoms with Gasteiger partial charge in [0.05, 0.1) is 17.6 Å². The van der Waals surface area contributed by atoms with Gasteiger partial charge in [-0.1, -0.05) is 6.07 Å². The van der Waals surface area contributed by atoms with Crippen LogP contribution in [0.15, 0.2) is 30.5 Å². The lowest BCUT2D eigenvalue weighted by Crippen LogP contribution is -2.12. The Bertz CT molecular complexity index is 588. The molecular weight excluding hydrogens is 260 g/mol. The van der Waals surface area contributed by atoms with Gasteiger partial charge in [0.2, 0.25) is 0 Å². The van der Waals surface area contributed by atoms with Gasteiger partial charge in [0.15, 0.2) is 5.78 Å². The van der Waals surface area contributed by atoms with Crippen molar-refractivity contribution in [1.82, 2.24) is 9.55 Å². The fourth-order valence-corrected chi connectivity index (χ4v) is 2.28. The van der Waals surface area contributed by atoms with Crippen LogP contribution >= 0.6 is 11.6 Å². The molecule has 3 nitrogen and oxygen atoms in total. The number of ketones is 1. The minimum absolute atomic E-state index is 0.0259. The minimum atomic E-state index is -0.496. The first kappa shape index (κ1) is 13.8. The molecule has 0 aliphatic rings. The summed E-state index contributed by atoms with van der Waals surface area (Å²) >= 11 is 5.89. The van der Waals surface area contributed by atoms with Gasteiger partial charge >= 0.3 is 0 Å². The van der Waals surface area contributed by atoms with E-state index < -0.39 is 5.38 Å². The third-order valence-electron chi connectivity index (χ3n) is 3.25. The summed E-state index contributed by atoms with van der Waals surface area (Å²) in [5.41, 5.74) is 3.67. The topological polar surface area (TPSA) is 34.9 Å². The van der Waals surface area contributed by atoms with Crippen molar-refractivity contribution in [1.29, 1.82) is 0 Å². The molecule has 0 fully saturated rings. The number of aryl methyl sites for hydroxylation is 1. The van der Waals surface area contributed by atoms with Crippen molar-refractivity contribution in [2.45, 2.75) is 32.7 Å². The van der Waals surface area contributed by atoms with Crippen LogP contribution in [-0.4, -0.2) is 20.7 Å². The number of aromatic nitrogens is 2. The summed E-state index contributed by atoms with van der Waals surface area (Å²) in [5.74, 6) is -0.0259. The number of Topliss-reactive ketones (excluding diaryl/α,β-unsaturated/α-hetero) is 1. The third-order valence-corrected chi connectivity index (χ3v) is 3.44. The molecule has 0 N–H and O–H groups in total. The number of pyridine rings is 1. The molecule has 1 atom stereocenters. The Balaban J connectivity index is 2.35. The average molecular weight is 277 g/mol. The van der Waals surface area contributed by atoms with Crippen LogP contribution in [0.3, 0.4) is 0 Å². The molecule has 100 valence electrons. The molecule has 0 amide bonds. The van der Waals surface area contributed by atoms with E-state index in [0.29, 0.717) is 12.1 Å². The van der Waals surface area contributed by atoms with E-state index >= 15 is 0 Å². The molecule has 0 aliphatic heterocycles. The van der Waals surface area contributed by atoms with Crippen LogP contribution in [0.5, 0.6) is 0 Å². The highest BCUT2D eigenvalue weighted by atomic mass is 35.5. The Morgan fingerprint density at radius 1 is 1.42 bits per heavy atom. The standard InChI is InChI=1S/C15H17ClN2O/c1-10-8-14(15(19)11(2)16)12(3)18(10)9-13-6-4-5-7-17-13/h4-8,11H,9H2,1-3H3. The van der Waals surface area contributed by atoms with E-state index in [-0.39, 0.29) is 5.78 Å². The third kappa shape index (κ3) is 2.87. The van der Waals surface area contributed by atoms with Crippen LogP contribution in [0.1, 0.15) is 34.4 Å². The van der Waals surface area contributed by atoms with Gasteiger partial charge in [0.25, 0.3) is 0 Å². The van der Waals surface area contributed by atoms with Crippen molar-refractivity contribution in [3.05, 3.63) is 53.1 Å². The zero-order valence-corrected chi connectivity index (χ0v) is 12.1. The minimum Gasteiger partial charge on any atom is -0.343 e. The molecule has 0 spiro atoms. The van der Waals surface area contributed by atoms with Gasteiger partial charge in [0.1, 0.15) is 0 Å². The number of rotatable bonds is 4. The predicted molar refractivity (Wildman–Crippen MR) is 76.9 cm³/mol. The number of carbonyl (C=O) groups excluding carboxylic acids is 1. The Kier molecular flexibility index (Phi) is 4.05. The maximum Gasteiger partial charge on any atom is 0.182 e. The maximum atomic E-state index is 12.0. The molecule has 4 heteroatoms. The summed E-state index contributed by atoms with van der Waals surface area (Å²) in [6.07, 6.45) is 1.77. The normalized spacial score (nSPS) is 12.4. The first-order chi connectivity index (χ1) is 9.00. The summed E-state index contributed by atoms with van der Waals surface area (Å²) in [4.78, 5) is 16.3. The van der Waals surface area contributed by atoms with E-state index in [1.807, 2.05) is 38.1 Å². The fraction of sp³-hybridized carbons (Fsp3) is 0.333. The second-order valence-corrected chi connectivity index (χ2v) is 5.33. The molecule has 0 bridgehead atoms. The van der Waals surface area contributed by atoms with Crippen LogP contribution in [0, 0.1) is 13.8 Å². The molecule has 2 aromatic rings. The first-order valence-corrected chi connectivity index (χ1v) is 6.69. The molecule has 0 saturated carbocycles. The second kappa shape index (κ2) is 5.57. The summed E-state index contributed by atoms with van der Waals surface area (Å²) in [6, 6.07) is 7.73. The Morgan fingerprint density at radius 2 is 2.16 bits per heavy atom. The van der Waals surface area contributed by atoms with Crippen molar-refractivity contribution in [2.24, 2.45) is 0 Å². The maximum absolute atomic E-state index is 12.0. The van der Waals surface area contributed by atoms with Crippen molar-refractivity contribution in [3.63, 3.8) is 0 Å². The van der Waals surface area contributed by atoms with Crippen LogP contribution in [0.25, 0.3) is 0 Å². The number of nitrogens with zero attached hydrogens (tertiary/aromatic N) is 2. The molecule has 2 aromatic heterocycles. The van der Waals surface area contributed by atoms with Crippen LogP contribution < -0.4 is 0 Å². The summed E-state index contributed by atoms with van der Waals surface area (Å²) in [6.45, 7) is 6.31. The van der Waals surface area contributed by atoms with E-state index in [0.717, 1.165) is 17.1 Å². The molecular formula is C15H17ClN2O. The summed E-state index contributed by atoms with van der Waals surface area (Å²) < 4.78 is 2.09. The van der Waals surface area contributed by atoms with Crippen molar-refractivity contribution in [2.75, 3.05) is 0 Å². The monoisotopic (exact) mass is 276 g/mol. The number of halogens is 1. The zero-order valence-electron chi connectivity index (χ0n) is 11.4. The molecule has 2 rings (SSSR count). The highest BCUT2D eigenvalue weighted by molar-refractivity contribution is 6.33. The van der Waals surface area contributed by atoms with Gasteiger partial charge in [-0.05, 0) is 39.0 Å². The highest BCUT2D eigenvalue weighted by Gasteiger charge is 2.19. The second-order valence-electron chi connectivity index (χ2n) is 4.67. The molecule has 19 heavy (non-hydrogen) atoms. The van der Waals surface area contributed by atoms with Crippen LogP contribution in [-0.2, 0) is 6.54 Å². The van der Waals surface area contributed by atoms with E-state index in [2.05, 4.69) is 9.55 Å². The van der Waals surface area contributed by atoms with Crippen molar-refractivity contribution in [3.8, 4) is 0 Å². The van der Waals surface area contributed by atoms with Gasteiger partial charge < -0.3 is 4.57 Å². The van der Waals surface area contributed by atoms with Gasteiger partial charge in [-0.15, -0.1) is 11.6 Å². The van der Waals surface area contributed by atoms with E-state index in [1.54, 1.807) is 13.1 Å². The summed E-state index contributed by atoms with van der Waals surface area (Å²) in [5, 5.41) is -0.496. The predicted octanol–water partition coefficient (Wildman–Crippen LogP) is 3.36. The number of hydrogen-bond donors (Lipinski definition) is 0. The van der Waals surface area contributed by atoms with E-state index in [1.165, 1.54) is 0 Å². The van der Waals surface area contributed by atoms with E-state index in [9.17, 15) is 4.79 Å². The SMILES string of the molecule is Cc1cc(C(=O)C(C)Cl)c(C)n1Cc1ccccn1. The lowest BCUT2D eigenvalue weighted by molar-refractivity contribution is 0.0991. The molecule has 2 heterocycles. The fourth-order valence-electron chi connectivity index (χ4n) is 2.16. The zero-order chi connectivity index (χ0) is 14.0. The highest BCUT2D eigenvalue weighted by Crippen LogP contribution is 2.19. The largest absolute Gasteiger partial charge is 0.343 e. The van der Waals surface area contributed by atoms with Gasteiger partial charge in [-0.3, -0.25) is 9.78 Å². The number of hydrogen-bond acceptors (Lipinski definition) is 2.